The van der Waals surface area contributed by atoms with Gasteiger partial charge in [-0.05, 0) is 0 Å². The summed E-state index contributed by atoms with van der Waals surface area (Å²) in [6.07, 6.45) is 1.29. The summed E-state index contributed by atoms with van der Waals surface area (Å²) < 4.78 is 36.4. The lowest BCUT2D eigenvalue weighted by atomic mass is 10.1. The quantitative estimate of drug-likeness (QED) is 0.827. The molecule has 6 nitrogen and oxygen atoms in total. The number of aromatic nitrogens is 1. The number of hydrogen-bond acceptors (Lipinski definition) is 6. The SMILES string of the molecule is COCCC1=C(C(=O)OC)CN=C(c2ncc(F)cc2F)N1. The summed E-state index contributed by atoms with van der Waals surface area (Å²) >= 11 is 0. The van der Waals surface area contributed by atoms with E-state index in [2.05, 4.69) is 15.3 Å². The van der Waals surface area contributed by atoms with Crippen LogP contribution < -0.4 is 5.32 Å². The van der Waals surface area contributed by atoms with Gasteiger partial charge < -0.3 is 14.8 Å². The number of ether oxygens (including phenoxy) is 2. The van der Waals surface area contributed by atoms with Crippen LogP contribution in [-0.2, 0) is 14.3 Å². The maximum Gasteiger partial charge on any atom is 0.337 e. The molecule has 0 amide bonds. The molecule has 1 aliphatic rings. The first-order valence-electron chi connectivity index (χ1n) is 6.49. The van der Waals surface area contributed by atoms with Crippen molar-refractivity contribution in [3.05, 3.63) is 40.9 Å². The maximum absolute atomic E-state index is 13.8. The molecule has 2 heterocycles. The van der Waals surface area contributed by atoms with Gasteiger partial charge in [-0.15, -0.1) is 0 Å². The van der Waals surface area contributed by atoms with E-state index in [-0.39, 0.29) is 18.1 Å². The van der Waals surface area contributed by atoms with Crippen molar-refractivity contribution in [1.29, 1.82) is 0 Å². The zero-order chi connectivity index (χ0) is 16.1. The van der Waals surface area contributed by atoms with Gasteiger partial charge in [-0.2, -0.15) is 0 Å². The minimum Gasteiger partial charge on any atom is -0.466 e. The molecule has 2 rings (SSSR count). The number of halogens is 2. The number of esters is 1. The number of carbonyl (C=O) groups excluding carboxylic acids is 1. The zero-order valence-corrected chi connectivity index (χ0v) is 12.2. The Labute approximate surface area is 125 Å². The van der Waals surface area contributed by atoms with E-state index in [0.29, 0.717) is 24.3 Å². The smallest absolute Gasteiger partial charge is 0.337 e. The molecule has 118 valence electrons. The first-order chi connectivity index (χ1) is 10.6. The fourth-order valence-corrected chi connectivity index (χ4v) is 1.96. The second-order valence-electron chi connectivity index (χ2n) is 4.47. The van der Waals surface area contributed by atoms with Gasteiger partial charge in [-0.3, -0.25) is 4.99 Å². The van der Waals surface area contributed by atoms with Crippen LogP contribution in [0.4, 0.5) is 8.78 Å². The number of methoxy groups -OCH3 is 2. The number of hydrogen-bond donors (Lipinski definition) is 1. The lowest BCUT2D eigenvalue weighted by molar-refractivity contribution is -0.136. The molecule has 0 atom stereocenters. The van der Waals surface area contributed by atoms with E-state index in [1.165, 1.54) is 14.2 Å². The fraction of sp³-hybridized carbons (Fsp3) is 0.357. The molecule has 22 heavy (non-hydrogen) atoms. The highest BCUT2D eigenvalue weighted by Gasteiger charge is 2.24. The van der Waals surface area contributed by atoms with Crippen molar-refractivity contribution < 1.29 is 23.0 Å². The van der Waals surface area contributed by atoms with Crippen LogP contribution in [0.2, 0.25) is 0 Å². The summed E-state index contributed by atoms with van der Waals surface area (Å²) in [5.74, 6) is -1.99. The Hall–Kier alpha value is -2.35. The van der Waals surface area contributed by atoms with Gasteiger partial charge in [0.1, 0.15) is 11.5 Å². The van der Waals surface area contributed by atoms with Crippen molar-refractivity contribution in [2.75, 3.05) is 27.4 Å². The molecule has 0 aliphatic carbocycles. The summed E-state index contributed by atoms with van der Waals surface area (Å²) in [4.78, 5) is 19.5. The van der Waals surface area contributed by atoms with Crippen molar-refractivity contribution in [2.45, 2.75) is 6.42 Å². The Morgan fingerprint density at radius 3 is 2.82 bits per heavy atom. The molecule has 0 spiro atoms. The molecule has 0 bridgehead atoms. The Kier molecular flexibility index (Phi) is 5.16. The van der Waals surface area contributed by atoms with Gasteiger partial charge in [0.2, 0.25) is 0 Å². The Bertz CT molecular complexity index is 644. The summed E-state index contributed by atoms with van der Waals surface area (Å²) in [5.41, 5.74) is 0.746. The van der Waals surface area contributed by atoms with Crippen LogP contribution in [0.1, 0.15) is 12.1 Å². The number of rotatable bonds is 5. The molecule has 1 aromatic rings. The van der Waals surface area contributed by atoms with Crippen molar-refractivity contribution in [2.24, 2.45) is 4.99 Å². The molecule has 8 heteroatoms. The number of nitrogens with one attached hydrogen (secondary N) is 1. The molecule has 0 radical (unpaired) electrons. The maximum atomic E-state index is 13.8. The van der Waals surface area contributed by atoms with E-state index < -0.39 is 17.6 Å². The van der Waals surface area contributed by atoms with E-state index in [0.717, 1.165) is 12.3 Å². The van der Waals surface area contributed by atoms with Crippen molar-refractivity contribution in [3.8, 4) is 0 Å². The zero-order valence-electron chi connectivity index (χ0n) is 12.2. The lowest BCUT2D eigenvalue weighted by Crippen LogP contribution is -2.34. The summed E-state index contributed by atoms with van der Waals surface area (Å²) in [6.45, 7) is 0.377. The fourth-order valence-electron chi connectivity index (χ4n) is 1.96. The Balaban J connectivity index is 2.28. The van der Waals surface area contributed by atoms with E-state index in [1.807, 2.05) is 0 Å². The average Bonchev–Trinajstić information content (AvgIpc) is 2.52. The van der Waals surface area contributed by atoms with Gasteiger partial charge >= 0.3 is 5.97 Å². The van der Waals surface area contributed by atoms with Crippen LogP contribution in [0.25, 0.3) is 0 Å². The van der Waals surface area contributed by atoms with Crippen LogP contribution >= 0.6 is 0 Å². The molecule has 0 aromatic carbocycles. The van der Waals surface area contributed by atoms with Gasteiger partial charge in [0.15, 0.2) is 11.7 Å². The third kappa shape index (κ3) is 3.45. The highest BCUT2D eigenvalue weighted by atomic mass is 19.1. The average molecular weight is 311 g/mol. The van der Waals surface area contributed by atoms with Crippen molar-refractivity contribution >= 4 is 11.8 Å². The standard InChI is InChI=1S/C14H15F2N3O3/c1-21-4-3-11-9(14(20)22-2)7-18-13(19-11)12-10(16)5-8(15)6-17-12/h5-6H,3-4,7H2,1-2H3,(H,18,19). The lowest BCUT2D eigenvalue weighted by Gasteiger charge is -2.21. The molecular weight excluding hydrogens is 296 g/mol. The predicted octanol–water partition coefficient (Wildman–Crippen LogP) is 1.17. The topological polar surface area (TPSA) is 72.8 Å². The minimum atomic E-state index is -0.834. The second-order valence-corrected chi connectivity index (χ2v) is 4.47. The van der Waals surface area contributed by atoms with E-state index in [4.69, 9.17) is 9.47 Å². The van der Waals surface area contributed by atoms with E-state index >= 15 is 0 Å². The Morgan fingerprint density at radius 1 is 1.41 bits per heavy atom. The molecule has 1 aliphatic heterocycles. The van der Waals surface area contributed by atoms with Crippen LogP contribution in [0, 0.1) is 11.6 Å². The first kappa shape index (κ1) is 16.0. The van der Waals surface area contributed by atoms with Crippen molar-refractivity contribution in [1.82, 2.24) is 10.3 Å². The number of aliphatic imine (C=N–C) groups is 1. The van der Waals surface area contributed by atoms with Crippen LogP contribution in [0.3, 0.4) is 0 Å². The molecule has 1 N–H and O–H groups in total. The van der Waals surface area contributed by atoms with Gasteiger partial charge in [-0.25, -0.2) is 18.6 Å². The van der Waals surface area contributed by atoms with Gasteiger partial charge in [-0.1, -0.05) is 0 Å². The van der Waals surface area contributed by atoms with Crippen LogP contribution in [0.15, 0.2) is 28.5 Å². The number of pyridine rings is 1. The van der Waals surface area contributed by atoms with Crippen molar-refractivity contribution in [3.63, 3.8) is 0 Å². The monoisotopic (exact) mass is 311 g/mol. The molecule has 0 saturated carbocycles. The molecule has 1 aromatic heterocycles. The third-order valence-electron chi connectivity index (χ3n) is 3.05. The van der Waals surface area contributed by atoms with Gasteiger partial charge in [0, 0.05) is 25.3 Å². The summed E-state index contributed by atoms with van der Waals surface area (Å²) in [6, 6.07) is 0.723. The normalized spacial score (nSPS) is 14.5. The largest absolute Gasteiger partial charge is 0.466 e. The van der Waals surface area contributed by atoms with E-state index in [1.54, 1.807) is 0 Å². The molecule has 0 fully saturated rings. The highest BCUT2D eigenvalue weighted by Crippen LogP contribution is 2.16. The van der Waals surface area contributed by atoms with Crippen LogP contribution in [-0.4, -0.2) is 44.2 Å². The molecular formula is C14H15F2N3O3. The molecule has 0 unspecified atom stereocenters. The Morgan fingerprint density at radius 2 is 2.18 bits per heavy atom. The minimum absolute atomic E-state index is 0.0204. The number of amidine groups is 1. The summed E-state index contributed by atoms with van der Waals surface area (Å²) in [7, 11) is 2.79. The third-order valence-corrected chi connectivity index (χ3v) is 3.05. The van der Waals surface area contributed by atoms with E-state index in [9.17, 15) is 13.6 Å². The van der Waals surface area contributed by atoms with Gasteiger partial charge in [0.05, 0.1) is 32.0 Å². The second kappa shape index (κ2) is 7.08. The number of carbonyl (C=O) groups is 1. The highest BCUT2D eigenvalue weighted by molar-refractivity contribution is 6.01. The molecule has 0 saturated heterocycles. The first-order valence-corrected chi connectivity index (χ1v) is 6.49. The summed E-state index contributed by atoms with van der Waals surface area (Å²) in [5, 5.41) is 2.85. The number of nitrogens with zero attached hydrogens (tertiary/aromatic N) is 2. The van der Waals surface area contributed by atoms with Crippen LogP contribution in [0.5, 0.6) is 0 Å². The van der Waals surface area contributed by atoms with Gasteiger partial charge in [0.25, 0.3) is 0 Å². The predicted molar refractivity (Wildman–Crippen MR) is 74.2 cm³/mol.